The van der Waals surface area contributed by atoms with Gasteiger partial charge in [0.2, 0.25) is 27.7 Å². The molecule has 2 heterocycles. The van der Waals surface area contributed by atoms with Crippen LogP contribution in [0.2, 0.25) is 0 Å². The molecule has 3 aromatic rings. The zero-order chi connectivity index (χ0) is 31.2. The predicted octanol–water partition coefficient (Wildman–Crippen LogP) is 4.27. The first-order chi connectivity index (χ1) is 20.4. The average molecular weight is 617 g/mol. The summed E-state index contributed by atoms with van der Waals surface area (Å²) in [5.74, 6) is -2.13. The molecule has 1 saturated heterocycles. The molecule has 2 N–H and O–H groups in total. The number of ether oxygens (including phenoxy) is 1. The minimum Gasteiger partial charge on any atom is -0.415 e. The zero-order valence-corrected chi connectivity index (χ0v) is 24.9. The summed E-state index contributed by atoms with van der Waals surface area (Å²) in [6.07, 6.45) is -0.348. The van der Waals surface area contributed by atoms with E-state index in [1.54, 1.807) is 19.1 Å². The summed E-state index contributed by atoms with van der Waals surface area (Å²) in [5, 5.41) is 2.65. The maximum absolute atomic E-state index is 13.9. The number of amides is 2. The quantitative estimate of drug-likeness (QED) is 0.275. The number of rotatable bonds is 13. The van der Waals surface area contributed by atoms with Gasteiger partial charge < -0.3 is 10.1 Å². The summed E-state index contributed by atoms with van der Waals surface area (Å²) in [6.45, 7) is 2.05. The monoisotopic (exact) mass is 616 g/mol. The largest absolute Gasteiger partial charge is 0.415 e. The highest BCUT2D eigenvalue weighted by Crippen LogP contribution is 2.42. The van der Waals surface area contributed by atoms with Gasteiger partial charge in [-0.25, -0.2) is 18.9 Å². The van der Waals surface area contributed by atoms with Gasteiger partial charge in [0.15, 0.2) is 0 Å². The number of hydrogen-bond donors (Lipinski definition) is 2. The Morgan fingerprint density at radius 1 is 1.02 bits per heavy atom. The fourth-order valence-corrected chi connectivity index (χ4v) is 6.38. The molecule has 43 heavy (non-hydrogen) atoms. The van der Waals surface area contributed by atoms with Crippen LogP contribution in [-0.2, 0) is 36.5 Å². The number of aromatic nitrogens is 1. The number of anilines is 1. The van der Waals surface area contributed by atoms with Crippen LogP contribution in [0.4, 0.5) is 14.5 Å². The van der Waals surface area contributed by atoms with Crippen LogP contribution in [0.25, 0.3) is 0 Å². The van der Waals surface area contributed by atoms with E-state index in [9.17, 15) is 26.8 Å². The molecule has 230 valence electrons. The van der Waals surface area contributed by atoms with Crippen molar-refractivity contribution < 1.29 is 36.4 Å². The Kier molecular flexibility index (Phi) is 10.1. The van der Waals surface area contributed by atoms with Crippen LogP contribution in [0.1, 0.15) is 48.6 Å². The number of benzene rings is 2. The molecule has 10 nitrogen and oxygen atoms in total. The van der Waals surface area contributed by atoms with E-state index >= 15 is 0 Å². The molecule has 1 fully saturated rings. The maximum atomic E-state index is 13.9. The molecule has 0 spiro atoms. The first kappa shape index (κ1) is 32.0. The molecule has 0 aliphatic carbocycles. The van der Waals surface area contributed by atoms with Gasteiger partial charge >= 0.3 is 6.61 Å². The SMILES string of the molecule is Cc1ccc(NC(=O)C2(c3ccccc3C(C)C)CN(S(=O)(=O)CCC(=O)NOCc3ccccc3)C2)c(OC(F)F)n1. The molecule has 2 aromatic carbocycles. The maximum Gasteiger partial charge on any atom is 0.388 e. The van der Waals surface area contributed by atoms with E-state index in [-0.39, 0.29) is 37.7 Å². The lowest BCUT2D eigenvalue weighted by Gasteiger charge is -2.49. The molecule has 13 heteroatoms. The van der Waals surface area contributed by atoms with Crippen LogP contribution in [0.3, 0.4) is 0 Å². The van der Waals surface area contributed by atoms with Crippen molar-refractivity contribution in [1.82, 2.24) is 14.8 Å². The molecule has 1 aliphatic heterocycles. The van der Waals surface area contributed by atoms with Crippen molar-refractivity contribution in [3.63, 3.8) is 0 Å². The van der Waals surface area contributed by atoms with Gasteiger partial charge in [-0.1, -0.05) is 68.4 Å². The summed E-state index contributed by atoms with van der Waals surface area (Å²) in [5.41, 5.74) is 3.56. The van der Waals surface area contributed by atoms with Gasteiger partial charge in [-0.15, -0.1) is 0 Å². The zero-order valence-electron chi connectivity index (χ0n) is 24.0. The summed E-state index contributed by atoms with van der Waals surface area (Å²) in [4.78, 5) is 35.3. The first-order valence-electron chi connectivity index (χ1n) is 13.7. The number of nitrogens with one attached hydrogen (secondary N) is 2. The highest BCUT2D eigenvalue weighted by molar-refractivity contribution is 7.89. The standard InChI is InChI=1S/C30H34F2N4O6S/c1-20(2)23-11-7-8-12-24(23)30(28(38)34-25-14-13-21(3)33-27(25)42-29(31)32)18-36(19-30)43(39,40)16-15-26(37)35-41-17-22-9-5-4-6-10-22/h4-14,20,29H,15-19H2,1-3H3,(H,34,38)(H,35,37). The van der Waals surface area contributed by atoms with Crippen LogP contribution >= 0.6 is 0 Å². The van der Waals surface area contributed by atoms with Crippen LogP contribution in [0.5, 0.6) is 5.88 Å². The Morgan fingerprint density at radius 2 is 1.70 bits per heavy atom. The molecule has 0 bridgehead atoms. The van der Waals surface area contributed by atoms with Gasteiger partial charge in [-0.05, 0) is 41.7 Å². The number of hydrogen-bond acceptors (Lipinski definition) is 7. The molecular formula is C30H34F2N4O6S. The van der Waals surface area contributed by atoms with Gasteiger partial charge in [-0.3, -0.25) is 14.4 Å². The lowest BCUT2D eigenvalue weighted by molar-refractivity contribution is -0.134. The summed E-state index contributed by atoms with van der Waals surface area (Å²) < 4.78 is 58.2. The van der Waals surface area contributed by atoms with Gasteiger partial charge in [0.1, 0.15) is 11.1 Å². The van der Waals surface area contributed by atoms with Gasteiger partial charge in [-0.2, -0.15) is 13.1 Å². The average Bonchev–Trinajstić information content (AvgIpc) is 2.93. The van der Waals surface area contributed by atoms with Crippen LogP contribution < -0.4 is 15.5 Å². The van der Waals surface area contributed by atoms with Crippen molar-refractivity contribution in [3.8, 4) is 5.88 Å². The summed E-state index contributed by atoms with van der Waals surface area (Å²) >= 11 is 0. The predicted molar refractivity (Wildman–Crippen MR) is 156 cm³/mol. The van der Waals surface area contributed by atoms with Crippen molar-refractivity contribution in [2.45, 2.75) is 51.7 Å². The van der Waals surface area contributed by atoms with E-state index in [0.29, 0.717) is 11.3 Å². The number of halogens is 2. The third-order valence-electron chi connectivity index (χ3n) is 7.12. The second-order valence-electron chi connectivity index (χ2n) is 10.6. The highest BCUT2D eigenvalue weighted by atomic mass is 32.2. The molecule has 1 aliphatic rings. The normalized spacial score (nSPS) is 14.8. The van der Waals surface area contributed by atoms with Crippen LogP contribution in [0, 0.1) is 6.92 Å². The van der Waals surface area contributed by atoms with E-state index < -0.39 is 45.5 Å². The Balaban J connectivity index is 1.49. The fourth-order valence-electron chi connectivity index (χ4n) is 4.85. The third-order valence-corrected chi connectivity index (χ3v) is 8.89. The number of nitrogens with zero attached hydrogens (tertiary/aromatic N) is 2. The van der Waals surface area contributed by atoms with Gasteiger partial charge in [0.25, 0.3) is 0 Å². The number of hydroxylamine groups is 1. The first-order valence-corrected chi connectivity index (χ1v) is 15.3. The minimum atomic E-state index is -3.94. The summed E-state index contributed by atoms with van der Waals surface area (Å²) in [6, 6.07) is 19.3. The number of alkyl halides is 2. The smallest absolute Gasteiger partial charge is 0.388 e. The number of pyridine rings is 1. The fraction of sp³-hybridized carbons (Fsp3) is 0.367. The van der Waals surface area contributed by atoms with Crippen LogP contribution in [0.15, 0.2) is 66.7 Å². The summed E-state index contributed by atoms with van der Waals surface area (Å²) in [7, 11) is -3.94. The number of carbonyl (C=O) groups is 2. The Labute approximate surface area is 249 Å². The highest BCUT2D eigenvalue weighted by Gasteiger charge is 2.55. The third kappa shape index (κ3) is 7.72. The molecular weight excluding hydrogens is 582 g/mol. The Morgan fingerprint density at radius 3 is 2.37 bits per heavy atom. The van der Waals surface area contributed by atoms with Crippen molar-refractivity contribution in [3.05, 3.63) is 89.1 Å². The molecule has 4 rings (SSSR count). The van der Waals surface area contributed by atoms with Gasteiger partial charge in [0, 0.05) is 25.2 Å². The molecule has 0 atom stereocenters. The van der Waals surface area contributed by atoms with Crippen LogP contribution in [-0.4, -0.2) is 55.0 Å². The molecule has 1 aromatic heterocycles. The molecule has 0 radical (unpaired) electrons. The second-order valence-corrected chi connectivity index (χ2v) is 12.7. The van der Waals surface area contributed by atoms with E-state index in [2.05, 4.69) is 20.5 Å². The topological polar surface area (TPSA) is 127 Å². The molecule has 2 amide bonds. The van der Waals surface area contributed by atoms with E-state index in [1.807, 2.05) is 56.3 Å². The van der Waals surface area contributed by atoms with E-state index in [1.165, 1.54) is 12.1 Å². The van der Waals surface area contributed by atoms with Crippen molar-refractivity contribution >= 4 is 27.5 Å². The molecule has 0 unspecified atom stereocenters. The minimum absolute atomic E-state index is 0.00452. The Bertz CT molecular complexity index is 1550. The number of aryl methyl sites for hydroxylation is 1. The second kappa shape index (κ2) is 13.6. The number of sulfonamides is 1. The lowest BCUT2D eigenvalue weighted by Crippen LogP contribution is -2.66. The molecule has 0 saturated carbocycles. The van der Waals surface area contributed by atoms with E-state index in [4.69, 9.17) is 4.84 Å². The van der Waals surface area contributed by atoms with E-state index in [0.717, 1.165) is 15.4 Å². The lowest BCUT2D eigenvalue weighted by atomic mass is 9.71. The Hall–Kier alpha value is -3.94. The van der Waals surface area contributed by atoms with Crippen molar-refractivity contribution in [1.29, 1.82) is 0 Å². The van der Waals surface area contributed by atoms with Crippen molar-refractivity contribution in [2.24, 2.45) is 0 Å². The van der Waals surface area contributed by atoms with Gasteiger partial charge in [0.05, 0.1) is 12.4 Å². The van der Waals surface area contributed by atoms with Crippen molar-refractivity contribution in [2.75, 3.05) is 24.2 Å². The number of carbonyl (C=O) groups excluding carboxylic acids is 2.